The van der Waals surface area contributed by atoms with Crippen LogP contribution in [0.4, 0.5) is 0 Å². The van der Waals surface area contributed by atoms with Crippen LogP contribution in [0.15, 0.2) is 65.8 Å². The van der Waals surface area contributed by atoms with Gasteiger partial charge in [0.1, 0.15) is 5.75 Å². The maximum atomic E-state index is 12.4. The van der Waals surface area contributed by atoms with Crippen LogP contribution in [0.1, 0.15) is 15.9 Å². The number of hydrazone groups is 1. The molecule has 4 nitrogen and oxygen atoms in total. The molecule has 0 atom stereocenters. The molecule has 0 unspecified atom stereocenters. The number of nitrogens with zero attached hydrogens (tertiary/aromatic N) is 1. The van der Waals surface area contributed by atoms with Gasteiger partial charge in [0.2, 0.25) is 0 Å². The lowest BCUT2D eigenvalue weighted by Crippen LogP contribution is -2.18. The molecule has 0 bridgehead atoms. The zero-order chi connectivity index (χ0) is 16.9. The van der Waals surface area contributed by atoms with Gasteiger partial charge < -0.3 is 4.74 Å². The number of hydrogen-bond donors (Lipinski definition) is 1. The summed E-state index contributed by atoms with van der Waals surface area (Å²) in [5, 5.41) is 6.05. The summed E-state index contributed by atoms with van der Waals surface area (Å²) < 4.78 is 6.41. The van der Waals surface area contributed by atoms with Crippen molar-refractivity contribution in [3.05, 3.63) is 75.4 Å². The van der Waals surface area contributed by atoms with E-state index in [0.29, 0.717) is 11.3 Å². The first-order valence-corrected chi connectivity index (χ1v) is 8.41. The van der Waals surface area contributed by atoms with Crippen LogP contribution in [-0.2, 0) is 0 Å². The van der Waals surface area contributed by atoms with E-state index >= 15 is 0 Å². The Balaban J connectivity index is 1.84. The largest absolute Gasteiger partial charge is 0.496 e. The molecule has 0 saturated heterocycles. The lowest BCUT2D eigenvalue weighted by molar-refractivity contribution is 0.0952. The van der Waals surface area contributed by atoms with Gasteiger partial charge in [-0.2, -0.15) is 5.10 Å². The average molecular weight is 430 g/mol. The summed E-state index contributed by atoms with van der Waals surface area (Å²) in [5.74, 6) is 0.218. The fourth-order valence-electron chi connectivity index (χ4n) is 2.37. The SMILES string of the molecule is COc1cc2ccccc2cc1C(=O)NN=Cc1ccccc1I. The van der Waals surface area contributed by atoms with Crippen LogP contribution < -0.4 is 10.2 Å². The molecule has 3 aromatic carbocycles. The normalized spacial score (nSPS) is 10.9. The van der Waals surface area contributed by atoms with E-state index < -0.39 is 0 Å². The summed E-state index contributed by atoms with van der Waals surface area (Å²) in [6, 6.07) is 19.3. The highest BCUT2D eigenvalue weighted by Crippen LogP contribution is 2.25. The van der Waals surface area contributed by atoms with Gasteiger partial charge in [0.05, 0.1) is 18.9 Å². The molecule has 0 fully saturated rings. The first-order chi connectivity index (χ1) is 11.7. The number of carbonyl (C=O) groups excluding carboxylic acids is 1. The molecular formula is C19H15IN2O2. The highest BCUT2D eigenvalue weighted by Gasteiger charge is 2.13. The Bertz CT molecular complexity index is 922. The highest BCUT2D eigenvalue weighted by atomic mass is 127. The molecule has 0 heterocycles. The number of fused-ring (bicyclic) bond motifs is 1. The van der Waals surface area contributed by atoms with Crippen LogP contribution in [0.5, 0.6) is 5.75 Å². The van der Waals surface area contributed by atoms with Gasteiger partial charge in [0.25, 0.3) is 5.91 Å². The maximum absolute atomic E-state index is 12.4. The fraction of sp³-hybridized carbons (Fsp3) is 0.0526. The van der Waals surface area contributed by atoms with E-state index in [1.54, 1.807) is 13.3 Å². The number of ether oxygens (including phenoxy) is 1. The van der Waals surface area contributed by atoms with Gasteiger partial charge >= 0.3 is 0 Å². The summed E-state index contributed by atoms with van der Waals surface area (Å²) >= 11 is 2.23. The van der Waals surface area contributed by atoms with Crippen molar-refractivity contribution in [3.63, 3.8) is 0 Å². The number of benzene rings is 3. The predicted molar refractivity (Wildman–Crippen MR) is 105 cm³/mol. The lowest BCUT2D eigenvalue weighted by Gasteiger charge is -2.09. The Morgan fingerprint density at radius 2 is 1.75 bits per heavy atom. The van der Waals surface area contributed by atoms with E-state index in [1.165, 1.54) is 0 Å². The van der Waals surface area contributed by atoms with Crippen molar-refractivity contribution in [1.82, 2.24) is 5.43 Å². The first-order valence-electron chi connectivity index (χ1n) is 7.34. The molecule has 1 amide bonds. The molecule has 0 aliphatic rings. The van der Waals surface area contributed by atoms with E-state index in [0.717, 1.165) is 19.9 Å². The van der Waals surface area contributed by atoms with E-state index in [2.05, 4.69) is 33.1 Å². The quantitative estimate of drug-likeness (QED) is 0.383. The Morgan fingerprint density at radius 3 is 2.46 bits per heavy atom. The van der Waals surface area contributed by atoms with Crippen LogP contribution in [0.25, 0.3) is 10.8 Å². The number of methoxy groups -OCH3 is 1. The number of nitrogens with one attached hydrogen (secondary N) is 1. The van der Waals surface area contributed by atoms with Gasteiger partial charge in [0.15, 0.2) is 0 Å². The summed E-state index contributed by atoms with van der Waals surface area (Å²) in [5.41, 5.74) is 3.96. The van der Waals surface area contributed by atoms with E-state index in [9.17, 15) is 4.79 Å². The molecule has 24 heavy (non-hydrogen) atoms. The standard InChI is InChI=1S/C19H15IN2O2/c1-24-18-11-14-7-3-2-6-13(14)10-16(18)19(23)22-21-12-15-8-4-5-9-17(15)20/h2-12H,1H3,(H,22,23). The second-order valence-corrected chi connectivity index (χ2v) is 6.28. The average Bonchev–Trinajstić information content (AvgIpc) is 2.62. The van der Waals surface area contributed by atoms with Gasteiger partial charge in [-0.05, 0) is 51.6 Å². The number of carbonyl (C=O) groups is 1. The summed E-state index contributed by atoms with van der Waals surface area (Å²) in [6.45, 7) is 0. The van der Waals surface area contributed by atoms with Crippen LogP contribution in [0.3, 0.4) is 0 Å². The molecule has 0 spiro atoms. The number of hydrogen-bond acceptors (Lipinski definition) is 3. The number of rotatable bonds is 4. The van der Waals surface area contributed by atoms with Crippen LogP contribution >= 0.6 is 22.6 Å². The molecule has 0 aromatic heterocycles. The third kappa shape index (κ3) is 3.56. The smallest absolute Gasteiger partial charge is 0.275 e. The molecular weight excluding hydrogens is 415 g/mol. The van der Waals surface area contributed by atoms with E-state index in [-0.39, 0.29) is 5.91 Å². The molecule has 3 rings (SSSR count). The molecule has 1 N–H and O–H groups in total. The van der Waals surface area contributed by atoms with Crippen LogP contribution in [0.2, 0.25) is 0 Å². The monoisotopic (exact) mass is 430 g/mol. The van der Waals surface area contributed by atoms with Crippen LogP contribution in [-0.4, -0.2) is 19.2 Å². The molecule has 120 valence electrons. The lowest BCUT2D eigenvalue weighted by atomic mass is 10.1. The Labute approximate surface area is 153 Å². The molecule has 0 radical (unpaired) electrons. The number of amides is 1. The Hall–Kier alpha value is -2.41. The van der Waals surface area contributed by atoms with Crippen molar-refractivity contribution in [2.75, 3.05) is 7.11 Å². The number of halogens is 1. The van der Waals surface area contributed by atoms with Crippen molar-refractivity contribution in [1.29, 1.82) is 0 Å². The van der Waals surface area contributed by atoms with Gasteiger partial charge in [-0.25, -0.2) is 5.43 Å². The fourth-order valence-corrected chi connectivity index (χ4v) is 2.89. The molecule has 0 aliphatic carbocycles. The van der Waals surface area contributed by atoms with Crippen molar-refractivity contribution >= 4 is 45.5 Å². The third-order valence-corrected chi connectivity index (χ3v) is 4.57. The Kier molecular flexibility index (Phi) is 5.10. The van der Waals surface area contributed by atoms with Crippen molar-refractivity contribution in [2.45, 2.75) is 0 Å². The molecule has 0 saturated carbocycles. The molecule has 0 aliphatic heterocycles. The summed E-state index contributed by atoms with van der Waals surface area (Å²) in [6.07, 6.45) is 1.63. The van der Waals surface area contributed by atoms with Gasteiger partial charge in [-0.1, -0.05) is 42.5 Å². The zero-order valence-electron chi connectivity index (χ0n) is 13.0. The minimum Gasteiger partial charge on any atom is -0.496 e. The third-order valence-electron chi connectivity index (χ3n) is 3.59. The zero-order valence-corrected chi connectivity index (χ0v) is 15.2. The second kappa shape index (κ2) is 7.44. The topological polar surface area (TPSA) is 50.7 Å². The van der Waals surface area contributed by atoms with E-state index in [1.807, 2.05) is 60.7 Å². The summed E-state index contributed by atoms with van der Waals surface area (Å²) in [4.78, 5) is 12.4. The first kappa shape index (κ1) is 16.4. The maximum Gasteiger partial charge on any atom is 0.275 e. The van der Waals surface area contributed by atoms with Crippen molar-refractivity contribution in [3.8, 4) is 5.75 Å². The van der Waals surface area contributed by atoms with Gasteiger partial charge in [0, 0.05) is 9.13 Å². The second-order valence-electron chi connectivity index (χ2n) is 5.12. The van der Waals surface area contributed by atoms with Crippen molar-refractivity contribution < 1.29 is 9.53 Å². The minimum atomic E-state index is -0.306. The van der Waals surface area contributed by atoms with Crippen molar-refractivity contribution in [2.24, 2.45) is 5.10 Å². The minimum absolute atomic E-state index is 0.306. The Morgan fingerprint density at radius 1 is 1.08 bits per heavy atom. The highest BCUT2D eigenvalue weighted by molar-refractivity contribution is 14.1. The van der Waals surface area contributed by atoms with Gasteiger partial charge in [-0.15, -0.1) is 0 Å². The summed E-state index contributed by atoms with van der Waals surface area (Å²) in [7, 11) is 1.55. The van der Waals surface area contributed by atoms with Gasteiger partial charge in [-0.3, -0.25) is 4.79 Å². The molecule has 5 heteroatoms. The van der Waals surface area contributed by atoms with Crippen LogP contribution in [0, 0.1) is 3.57 Å². The predicted octanol–water partition coefficient (Wildman–Crippen LogP) is 4.22. The molecule has 3 aromatic rings. The van der Waals surface area contributed by atoms with E-state index in [4.69, 9.17) is 4.74 Å².